The molecule has 7 nitrogen and oxygen atoms in total. The average Bonchev–Trinajstić information content (AvgIpc) is 2.86. The zero-order valence-electron chi connectivity index (χ0n) is 19.2. The predicted molar refractivity (Wildman–Crippen MR) is 133 cm³/mol. The molecule has 0 bridgehead atoms. The van der Waals surface area contributed by atoms with Crippen LogP contribution in [0.15, 0.2) is 77.7 Å². The van der Waals surface area contributed by atoms with Crippen LogP contribution in [0.1, 0.15) is 24.9 Å². The molecule has 0 aliphatic heterocycles. The third kappa shape index (κ3) is 5.81. The zero-order valence-corrected chi connectivity index (χ0v) is 20.8. The molecule has 0 aliphatic rings. The van der Waals surface area contributed by atoms with E-state index in [2.05, 4.69) is 5.32 Å². The van der Waals surface area contributed by atoms with Crippen LogP contribution in [0.4, 0.5) is 5.69 Å². The summed E-state index contributed by atoms with van der Waals surface area (Å²) in [6, 6.07) is 19.6. The second-order valence-electron chi connectivity index (χ2n) is 7.44. The number of hydrogen-bond donors (Lipinski definition) is 1. The Morgan fingerprint density at radius 1 is 1.00 bits per heavy atom. The molecule has 0 saturated heterocycles. The van der Waals surface area contributed by atoms with Gasteiger partial charge in [-0.05, 0) is 54.4 Å². The van der Waals surface area contributed by atoms with E-state index in [0.29, 0.717) is 17.2 Å². The van der Waals surface area contributed by atoms with Crippen LogP contribution in [0.5, 0.6) is 11.5 Å². The van der Waals surface area contributed by atoms with Crippen molar-refractivity contribution in [2.24, 2.45) is 0 Å². The molecule has 1 atom stereocenters. The van der Waals surface area contributed by atoms with Gasteiger partial charge in [0.1, 0.15) is 18.0 Å². The summed E-state index contributed by atoms with van der Waals surface area (Å²) < 4.78 is 38.7. The molecule has 1 amide bonds. The smallest absolute Gasteiger partial charge is 0.264 e. The Kier molecular flexibility index (Phi) is 8.41. The quantitative estimate of drug-likeness (QED) is 0.429. The molecule has 180 valence electrons. The molecule has 9 heteroatoms. The Hall–Kier alpha value is -3.23. The number of nitrogens with one attached hydrogen (secondary N) is 1. The first-order valence-electron chi connectivity index (χ1n) is 10.6. The maximum Gasteiger partial charge on any atom is 0.264 e. The number of hydrogen-bond acceptors (Lipinski definition) is 5. The minimum Gasteiger partial charge on any atom is -0.497 e. The fourth-order valence-electron chi connectivity index (χ4n) is 3.51. The molecule has 0 aromatic heterocycles. The summed E-state index contributed by atoms with van der Waals surface area (Å²) in [5.74, 6) is 0.515. The standard InChI is InChI=1S/C25H27ClN2O5S/c1-4-22(18-10-13-20(32-2)14-11-18)27-25(29)17-28(23-16-19(26)12-15-24(23)33-3)34(30,31)21-8-6-5-7-9-21/h5-16,22H,4,17H2,1-3H3,(H,27,29)/t22-/m0/s1. The van der Waals surface area contributed by atoms with Gasteiger partial charge in [0.2, 0.25) is 5.91 Å². The first-order chi connectivity index (χ1) is 16.3. The lowest BCUT2D eigenvalue weighted by Crippen LogP contribution is -2.42. The van der Waals surface area contributed by atoms with Crippen LogP contribution in [0.2, 0.25) is 5.02 Å². The third-order valence-electron chi connectivity index (χ3n) is 5.29. The number of amides is 1. The van der Waals surface area contributed by atoms with Gasteiger partial charge in [-0.2, -0.15) is 0 Å². The molecule has 0 spiro atoms. The number of benzene rings is 3. The van der Waals surface area contributed by atoms with Gasteiger partial charge in [0.15, 0.2) is 0 Å². The summed E-state index contributed by atoms with van der Waals surface area (Å²) in [4.78, 5) is 13.2. The summed E-state index contributed by atoms with van der Waals surface area (Å²) in [6.07, 6.45) is 0.615. The van der Waals surface area contributed by atoms with Crippen molar-refractivity contribution in [3.8, 4) is 11.5 Å². The number of halogens is 1. The summed E-state index contributed by atoms with van der Waals surface area (Å²) >= 11 is 6.17. The number of nitrogens with zero attached hydrogens (tertiary/aromatic N) is 1. The second kappa shape index (κ2) is 11.3. The molecule has 0 unspecified atom stereocenters. The number of sulfonamides is 1. The van der Waals surface area contributed by atoms with E-state index in [1.807, 2.05) is 31.2 Å². The maximum absolute atomic E-state index is 13.6. The summed E-state index contributed by atoms with van der Waals surface area (Å²) in [7, 11) is -1.09. The van der Waals surface area contributed by atoms with Crippen molar-refractivity contribution >= 4 is 33.2 Å². The number of rotatable bonds is 10. The van der Waals surface area contributed by atoms with Gasteiger partial charge in [0, 0.05) is 5.02 Å². The van der Waals surface area contributed by atoms with Gasteiger partial charge >= 0.3 is 0 Å². The van der Waals surface area contributed by atoms with E-state index < -0.39 is 22.5 Å². The predicted octanol–water partition coefficient (Wildman–Crippen LogP) is 4.82. The molecular formula is C25H27ClN2O5S. The van der Waals surface area contributed by atoms with Crippen molar-refractivity contribution in [3.05, 3.63) is 83.4 Å². The Labute approximate surface area is 205 Å². The Bertz CT molecular complexity index is 1220. The number of carbonyl (C=O) groups is 1. The molecule has 0 aliphatic carbocycles. The molecule has 0 saturated carbocycles. The highest BCUT2D eigenvalue weighted by Crippen LogP contribution is 2.35. The Morgan fingerprint density at radius 3 is 2.26 bits per heavy atom. The molecular weight excluding hydrogens is 476 g/mol. The highest BCUT2D eigenvalue weighted by molar-refractivity contribution is 7.92. The lowest BCUT2D eigenvalue weighted by atomic mass is 10.0. The number of anilines is 1. The summed E-state index contributed by atoms with van der Waals surface area (Å²) in [6.45, 7) is 1.48. The van der Waals surface area contributed by atoms with Crippen LogP contribution >= 0.6 is 11.6 Å². The van der Waals surface area contributed by atoms with E-state index in [9.17, 15) is 13.2 Å². The van der Waals surface area contributed by atoms with Crippen LogP contribution < -0.4 is 19.1 Å². The van der Waals surface area contributed by atoms with Crippen LogP contribution in [-0.4, -0.2) is 35.1 Å². The van der Waals surface area contributed by atoms with Crippen molar-refractivity contribution in [1.29, 1.82) is 0 Å². The van der Waals surface area contributed by atoms with Gasteiger partial charge in [-0.1, -0.05) is 48.9 Å². The van der Waals surface area contributed by atoms with Crippen molar-refractivity contribution in [1.82, 2.24) is 5.32 Å². The second-order valence-corrected chi connectivity index (χ2v) is 9.74. The van der Waals surface area contributed by atoms with E-state index in [-0.39, 0.29) is 22.4 Å². The minimum absolute atomic E-state index is 0.0482. The van der Waals surface area contributed by atoms with E-state index in [1.54, 1.807) is 37.4 Å². The van der Waals surface area contributed by atoms with Gasteiger partial charge in [0.05, 0.1) is 30.8 Å². The van der Waals surface area contributed by atoms with Crippen molar-refractivity contribution in [3.63, 3.8) is 0 Å². The summed E-state index contributed by atoms with van der Waals surface area (Å²) in [5.41, 5.74) is 1.06. The number of carbonyl (C=O) groups excluding carboxylic acids is 1. The molecule has 0 radical (unpaired) electrons. The van der Waals surface area contributed by atoms with Crippen LogP contribution in [0.3, 0.4) is 0 Å². The molecule has 0 fully saturated rings. The minimum atomic E-state index is -4.10. The molecule has 0 heterocycles. The largest absolute Gasteiger partial charge is 0.497 e. The molecule has 34 heavy (non-hydrogen) atoms. The van der Waals surface area contributed by atoms with Crippen molar-refractivity contribution in [2.45, 2.75) is 24.3 Å². The average molecular weight is 503 g/mol. The molecule has 3 rings (SSSR count). The van der Waals surface area contributed by atoms with Gasteiger partial charge in [0.25, 0.3) is 10.0 Å². The molecule has 1 N–H and O–H groups in total. The van der Waals surface area contributed by atoms with Gasteiger partial charge in [-0.25, -0.2) is 8.42 Å². The topological polar surface area (TPSA) is 84.9 Å². The van der Waals surface area contributed by atoms with Gasteiger partial charge in [-0.3, -0.25) is 9.10 Å². The van der Waals surface area contributed by atoms with Crippen LogP contribution in [0.25, 0.3) is 0 Å². The lowest BCUT2D eigenvalue weighted by Gasteiger charge is -2.27. The van der Waals surface area contributed by atoms with E-state index in [4.69, 9.17) is 21.1 Å². The van der Waals surface area contributed by atoms with Crippen molar-refractivity contribution in [2.75, 3.05) is 25.1 Å². The first kappa shape index (κ1) is 25.4. The van der Waals surface area contributed by atoms with Crippen molar-refractivity contribution < 1.29 is 22.7 Å². The molecule has 3 aromatic rings. The van der Waals surface area contributed by atoms with Gasteiger partial charge < -0.3 is 14.8 Å². The molecule has 3 aromatic carbocycles. The fraction of sp³-hybridized carbons (Fsp3) is 0.240. The summed E-state index contributed by atoms with van der Waals surface area (Å²) in [5, 5.41) is 3.25. The van der Waals surface area contributed by atoms with E-state index in [1.165, 1.54) is 25.3 Å². The highest BCUT2D eigenvalue weighted by atomic mass is 35.5. The first-order valence-corrected chi connectivity index (χ1v) is 12.5. The lowest BCUT2D eigenvalue weighted by molar-refractivity contribution is -0.120. The van der Waals surface area contributed by atoms with E-state index in [0.717, 1.165) is 9.87 Å². The Balaban J connectivity index is 1.95. The number of methoxy groups -OCH3 is 2. The van der Waals surface area contributed by atoms with Crippen LogP contribution in [-0.2, 0) is 14.8 Å². The highest BCUT2D eigenvalue weighted by Gasteiger charge is 2.30. The fourth-order valence-corrected chi connectivity index (χ4v) is 5.12. The monoisotopic (exact) mass is 502 g/mol. The maximum atomic E-state index is 13.6. The third-order valence-corrected chi connectivity index (χ3v) is 7.30. The van der Waals surface area contributed by atoms with Crippen LogP contribution in [0, 0.1) is 0 Å². The SMILES string of the molecule is CC[C@H](NC(=O)CN(c1cc(Cl)ccc1OC)S(=O)(=O)c1ccccc1)c1ccc(OC)cc1. The normalized spacial score (nSPS) is 12.0. The zero-order chi connectivity index (χ0) is 24.7. The van der Waals surface area contributed by atoms with Gasteiger partial charge in [-0.15, -0.1) is 0 Å². The van der Waals surface area contributed by atoms with E-state index >= 15 is 0 Å². The Morgan fingerprint density at radius 2 is 1.68 bits per heavy atom. The number of ether oxygens (including phenoxy) is 2.